The Labute approximate surface area is 129 Å². The third-order valence-corrected chi connectivity index (χ3v) is 5.68. The molecular weight excluding hydrogens is 262 g/mol. The van der Waals surface area contributed by atoms with Crippen LogP contribution in [0.1, 0.15) is 58.8 Å². The first kappa shape index (κ1) is 16.8. The lowest BCUT2D eigenvalue weighted by molar-refractivity contribution is -0.133. The molecule has 3 N–H and O–H groups in total. The summed E-state index contributed by atoms with van der Waals surface area (Å²) in [7, 11) is 0. The summed E-state index contributed by atoms with van der Waals surface area (Å²) >= 11 is 0. The number of carbonyl (C=O) groups excluding carboxylic acids is 1. The SMILES string of the molecule is CC1CCC(CN)(C(=O)NCC(C)N2CCCCC2)CC1. The third kappa shape index (κ3) is 4.19. The summed E-state index contributed by atoms with van der Waals surface area (Å²) in [5.41, 5.74) is 5.67. The second kappa shape index (κ2) is 7.59. The second-order valence-electron chi connectivity index (χ2n) is 7.32. The summed E-state index contributed by atoms with van der Waals surface area (Å²) < 4.78 is 0. The van der Waals surface area contributed by atoms with Gasteiger partial charge >= 0.3 is 0 Å². The van der Waals surface area contributed by atoms with Crippen LogP contribution in [-0.4, -0.2) is 43.0 Å². The molecule has 2 aliphatic rings. The first-order valence-corrected chi connectivity index (χ1v) is 8.80. The van der Waals surface area contributed by atoms with Gasteiger partial charge in [0.15, 0.2) is 0 Å². The number of nitrogens with zero attached hydrogens (tertiary/aromatic N) is 1. The van der Waals surface area contributed by atoms with Crippen molar-refractivity contribution in [3.05, 3.63) is 0 Å². The van der Waals surface area contributed by atoms with Crippen LogP contribution in [0.15, 0.2) is 0 Å². The Morgan fingerprint density at radius 3 is 2.48 bits per heavy atom. The number of amides is 1. The highest BCUT2D eigenvalue weighted by molar-refractivity contribution is 5.83. The molecule has 0 aromatic rings. The van der Waals surface area contributed by atoms with Crippen molar-refractivity contribution in [2.24, 2.45) is 17.1 Å². The first-order valence-electron chi connectivity index (χ1n) is 8.80. The van der Waals surface area contributed by atoms with Gasteiger partial charge in [-0.1, -0.05) is 13.3 Å². The minimum absolute atomic E-state index is 0.195. The molecule has 0 radical (unpaired) electrons. The van der Waals surface area contributed by atoms with Crippen molar-refractivity contribution >= 4 is 5.91 Å². The Bertz CT molecular complexity index is 331. The van der Waals surface area contributed by atoms with Crippen molar-refractivity contribution in [2.75, 3.05) is 26.2 Å². The third-order valence-electron chi connectivity index (χ3n) is 5.68. The van der Waals surface area contributed by atoms with Gasteiger partial charge in [0.2, 0.25) is 5.91 Å². The average molecular weight is 295 g/mol. The molecule has 4 nitrogen and oxygen atoms in total. The van der Waals surface area contributed by atoms with Crippen LogP contribution in [0.5, 0.6) is 0 Å². The van der Waals surface area contributed by atoms with E-state index >= 15 is 0 Å². The molecule has 122 valence electrons. The molecule has 1 atom stereocenters. The van der Waals surface area contributed by atoms with Gasteiger partial charge in [0, 0.05) is 19.1 Å². The monoisotopic (exact) mass is 295 g/mol. The lowest BCUT2D eigenvalue weighted by Crippen LogP contribution is -2.51. The van der Waals surface area contributed by atoms with Crippen molar-refractivity contribution in [1.29, 1.82) is 0 Å². The quantitative estimate of drug-likeness (QED) is 0.817. The Hall–Kier alpha value is -0.610. The highest BCUT2D eigenvalue weighted by Gasteiger charge is 2.39. The zero-order valence-electron chi connectivity index (χ0n) is 13.9. The van der Waals surface area contributed by atoms with E-state index in [-0.39, 0.29) is 11.3 Å². The van der Waals surface area contributed by atoms with E-state index in [9.17, 15) is 4.79 Å². The molecule has 21 heavy (non-hydrogen) atoms. The van der Waals surface area contributed by atoms with Gasteiger partial charge in [0.05, 0.1) is 5.41 Å². The molecule has 4 heteroatoms. The molecule has 1 saturated heterocycles. The van der Waals surface area contributed by atoms with E-state index in [4.69, 9.17) is 5.73 Å². The maximum absolute atomic E-state index is 12.6. The summed E-state index contributed by atoms with van der Waals surface area (Å²) in [5.74, 6) is 0.936. The van der Waals surface area contributed by atoms with Crippen LogP contribution in [0, 0.1) is 11.3 Å². The summed E-state index contributed by atoms with van der Waals surface area (Å²) in [6, 6.07) is 0.437. The normalized spacial score (nSPS) is 32.6. The van der Waals surface area contributed by atoms with E-state index in [2.05, 4.69) is 24.1 Å². The minimum Gasteiger partial charge on any atom is -0.354 e. The van der Waals surface area contributed by atoms with Gasteiger partial charge in [-0.15, -0.1) is 0 Å². The minimum atomic E-state index is -0.297. The molecule has 1 saturated carbocycles. The predicted octanol–water partition coefficient (Wildman–Crippen LogP) is 2.13. The van der Waals surface area contributed by atoms with Crippen LogP contribution in [0.3, 0.4) is 0 Å². The first-order chi connectivity index (χ1) is 10.1. The molecule has 2 fully saturated rings. The molecular formula is C17H33N3O. The Kier molecular flexibility index (Phi) is 6.06. The lowest BCUT2D eigenvalue weighted by atomic mass is 9.70. The fourth-order valence-corrected chi connectivity index (χ4v) is 3.75. The van der Waals surface area contributed by atoms with Crippen molar-refractivity contribution in [3.8, 4) is 0 Å². The molecule has 1 amide bonds. The number of carbonyl (C=O) groups is 1. The van der Waals surface area contributed by atoms with E-state index in [1.165, 1.54) is 32.4 Å². The van der Waals surface area contributed by atoms with E-state index in [1.807, 2.05) is 0 Å². The fourth-order valence-electron chi connectivity index (χ4n) is 3.75. The molecule has 1 aliphatic heterocycles. The zero-order chi connectivity index (χ0) is 15.3. The highest BCUT2D eigenvalue weighted by atomic mass is 16.2. The standard InChI is InChI=1S/C17H33N3O/c1-14-6-8-17(13-18,9-7-14)16(21)19-12-15(2)20-10-4-3-5-11-20/h14-15H,3-13,18H2,1-2H3,(H,19,21). The van der Waals surface area contributed by atoms with E-state index in [1.54, 1.807) is 0 Å². The van der Waals surface area contributed by atoms with Gasteiger partial charge in [-0.25, -0.2) is 0 Å². The number of piperidine rings is 1. The molecule has 0 aromatic carbocycles. The van der Waals surface area contributed by atoms with Crippen molar-refractivity contribution in [2.45, 2.75) is 64.8 Å². The Balaban J connectivity index is 1.82. The molecule has 1 heterocycles. The molecule has 0 aromatic heterocycles. The maximum Gasteiger partial charge on any atom is 0.227 e. The van der Waals surface area contributed by atoms with E-state index in [0.717, 1.165) is 38.1 Å². The molecule has 0 spiro atoms. The largest absolute Gasteiger partial charge is 0.354 e. The molecule has 2 rings (SSSR count). The van der Waals surface area contributed by atoms with E-state index < -0.39 is 0 Å². The molecule has 1 unspecified atom stereocenters. The number of nitrogens with one attached hydrogen (secondary N) is 1. The average Bonchev–Trinajstić information content (AvgIpc) is 2.54. The molecule has 1 aliphatic carbocycles. The Morgan fingerprint density at radius 2 is 1.90 bits per heavy atom. The summed E-state index contributed by atoms with van der Waals surface area (Å²) in [6.45, 7) is 8.10. The maximum atomic E-state index is 12.6. The summed E-state index contributed by atoms with van der Waals surface area (Å²) in [5, 5.41) is 3.20. The number of likely N-dealkylation sites (tertiary alicyclic amines) is 1. The van der Waals surface area contributed by atoms with Gasteiger partial charge in [-0.3, -0.25) is 9.69 Å². The van der Waals surface area contributed by atoms with E-state index in [0.29, 0.717) is 12.6 Å². The summed E-state index contributed by atoms with van der Waals surface area (Å²) in [6.07, 6.45) is 8.11. The van der Waals surface area contributed by atoms with Gasteiger partial charge in [-0.05, 0) is 64.5 Å². The fraction of sp³-hybridized carbons (Fsp3) is 0.941. The predicted molar refractivity (Wildman–Crippen MR) is 87.0 cm³/mol. The summed E-state index contributed by atoms with van der Waals surface area (Å²) in [4.78, 5) is 15.1. The van der Waals surface area contributed by atoms with Crippen molar-refractivity contribution in [3.63, 3.8) is 0 Å². The van der Waals surface area contributed by atoms with Gasteiger partial charge in [0.1, 0.15) is 0 Å². The number of nitrogens with two attached hydrogens (primary N) is 1. The van der Waals surface area contributed by atoms with Crippen LogP contribution in [0.4, 0.5) is 0 Å². The van der Waals surface area contributed by atoms with Crippen LogP contribution >= 0.6 is 0 Å². The van der Waals surface area contributed by atoms with Crippen LogP contribution in [0.2, 0.25) is 0 Å². The van der Waals surface area contributed by atoms with Crippen molar-refractivity contribution < 1.29 is 4.79 Å². The van der Waals surface area contributed by atoms with Gasteiger partial charge in [0.25, 0.3) is 0 Å². The Morgan fingerprint density at radius 1 is 1.29 bits per heavy atom. The topological polar surface area (TPSA) is 58.4 Å². The van der Waals surface area contributed by atoms with Gasteiger partial charge in [-0.2, -0.15) is 0 Å². The van der Waals surface area contributed by atoms with Crippen LogP contribution in [0.25, 0.3) is 0 Å². The molecule has 0 bridgehead atoms. The second-order valence-corrected chi connectivity index (χ2v) is 7.32. The number of hydrogen-bond donors (Lipinski definition) is 2. The van der Waals surface area contributed by atoms with Crippen molar-refractivity contribution in [1.82, 2.24) is 10.2 Å². The van der Waals surface area contributed by atoms with Crippen LogP contribution in [-0.2, 0) is 4.79 Å². The highest BCUT2D eigenvalue weighted by Crippen LogP contribution is 2.38. The lowest BCUT2D eigenvalue weighted by Gasteiger charge is -2.38. The number of hydrogen-bond acceptors (Lipinski definition) is 3. The smallest absolute Gasteiger partial charge is 0.227 e. The van der Waals surface area contributed by atoms with Gasteiger partial charge < -0.3 is 11.1 Å². The zero-order valence-corrected chi connectivity index (χ0v) is 13.9. The van der Waals surface area contributed by atoms with Crippen LogP contribution < -0.4 is 11.1 Å². The number of rotatable bonds is 5.